The zero-order valence-electron chi connectivity index (χ0n) is 10.0. The molecule has 1 nitrogen and oxygen atoms in total. The van der Waals surface area contributed by atoms with Gasteiger partial charge in [0.2, 0.25) is 0 Å². The third-order valence-electron chi connectivity index (χ3n) is 2.56. The fourth-order valence-electron chi connectivity index (χ4n) is 1.59. The summed E-state index contributed by atoms with van der Waals surface area (Å²) in [5.41, 5.74) is 1.45. The van der Waals surface area contributed by atoms with Crippen molar-refractivity contribution in [2.45, 2.75) is 12.3 Å². The molecular weight excluding hydrogens is 382 g/mol. The zero-order chi connectivity index (χ0) is 14.0. The van der Waals surface area contributed by atoms with E-state index in [1.807, 2.05) is 6.92 Å². The van der Waals surface area contributed by atoms with Crippen LogP contribution in [0.4, 0.5) is 8.78 Å². The number of halogens is 4. The Bertz CT molecular complexity index is 591. The molecule has 0 aliphatic carbocycles. The highest BCUT2D eigenvalue weighted by molar-refractivity contribution is 9.10. The third-order valence-corrected chi connectivity index (χ3v) is 4.10. The van der Waals surface area contributed by atoms with E-state index in [0.29, 0.717) is 16.6 Å². The Kier molecular flexibility index (Phi) is 4.58. The van der Waals surface area contributed by atoms with Gasteiger partial charge >= 0.3 is 0 Å². The predicted molar refractivity (Wildman–Crippen MR) is 77.9 cm³/mol. The second kappa shape index (κ2) is 6.01. The first kappa shape index (κ1) is 14.5. The normalized spacial score (nSPS) is 10.6. The fourth-order valence-corrected chi connectivity index (χ4v) is 2.16. The molecule has 0 aromatic heterocycles. The monoisotopic (exact) mass is 390 g/mol. The molecule has 0 saturated carbocycles. The molecule has 0 unspecified atom stereocenters. The van der Waals surface area contributed by atoms with Gasteiger partial charge in [0.15, 0.2) is 17.4 Å². The maximum atomic E-state index is 13.8. The lowest BCUT2D eigenvalue weighted by Gasteiger charge is -2.10. The Morgan fingerprint density at radius 3 is 2.26 bits per heavy atom. The van der Waals surface area contributed by atoms with Gasteiger partial charge in [-0.1, -0.05) is 31.9 Å². The van der Waals surface area contributed by atoms with Gasteiger partial charge in [-0.3, -0.25) is 0 Å². The molecule has 0 heterocycles. The number of aryl methyl sites for hydroxylation is 1. The lowest BCUT2D eigenvalue weighted by Crippen LogP contribution is -1.95. The SMILES string of the molecule is Cc1cc(Oc2c(F)cc(CBr)cc2F)ccc1Br. The third kappa shape index (κ3) is 3.34. The highest BCUT2D eigenvalue weighted by Crippen LogP contribution is 2.31. The Balaban J connectivity index is 2.35. The summed E-state index contributed by atoms with van der Waals surface area (Å²) < 4.78 is 33.7. The molecule has 0 N–H and O–H groups in total. The van der Waals surface area contributed by atoms with Crippen molar-refractivity contribution in [1.82, 2.24) is 0 Å². The zero-order valence-corrected chi connectivity index (χ0v) is 13.2. The number of ether oxygens (including phenoxy) is 1. The van der Waals surface area contributed by atoms with Gasteiger partial charge in [-0.15, -0.1) is 0 Å². The van der Waals surface area contributed by atoms with Gasteiger partial charge in [0.25, 0.3) is 0 Å². The summed E-state index contributed by atoms with van der Waals surface area (Å²) >= 11 is 6.51. The molecule has 0 atom stereocenters. The number of alkyl halides is 1. The lowest BCUT2D eigenvalue weighted by atomic mass is 10.2. The number of benzene rings is 2. The molecule has 2 rings (SSSR count). The molecule has 100 valence electrons. The van der Waals surface area contributed by atoms with E-state index in [2.05, 4.69) is 31.9 Å². The van der Waals surface area contributed by atoms with Crippen LogP contribution in [0.25, 0.3) is 0 Å². The van der Waals surface area contributed by atoms with E-state index < -0.39 is 11.6 Å². The molecule has 0 amide bonds. The van der Waals surface area contributed by atoms with E-state index in [0.717, 1.165) is 10.0 Å². The van der Waals surface area contributed by atoms with Crippen molar-refractivity contribution in [1.29, 1.82) is 0 Å². The summed E-state index contributed by atoms with van der Waals surface area (Å²) in [6.45, 7) is 1.87. The summed E-state index contributed by atoms with van der Waals surface area (Å²) in [6, 6.07) is 7.63. The van der Waals surface area contributed by atoms with Gasteiger partial charge < -0.3 is 4.74 Å². The van der Waals surface area contributed by atoms with Gasteiger partial charge in [0, 0.05) is 9.80 Å². The molecule has 2 aromatic carbocycles. The Morgan fingerprint density at radius 1 is 1.11 bits per heavy atom. The summed E-state index contributed by atoms with van der Waals surface area (Å²) in [4.78, 5) is 0. The van der Waals surface area contributed by atoms with E-state index >= 15 is 0 Å². The van der Waals surface area contributed by atoms with E-state index in [4.69, 9.17) is 4.74 Å². The molecular formula is C14H10Br2F2O. The Hall–Kier alpha value is -0.940. The molecule has 0 bridgehead atoms. The van der Waals surface area contributed by atoms with Crippen LogP contribution in [0.15, 0.2) is 34.8 Å². The topological polar surface area (TPSA) is 9.23 Å². The lowest BCUT2D eigenvalue weighted by molar-refractivity contribution is 0.406. The van der Waals surface area contributed by atoms with Crippen LogP contribution in [0.3, 0.4) is 0 Å². The first-order valence-corrected chi connectivity index (χ1v) is 7.40. The quantitative estimate of drug-likeness (QED) is 0.607. The second-order valence-electron chi connectivity index (χ2n) is 4.04. The summed E-state index contributed by atoms with van der Waals surface area (Å²) in [6.07, 6.45) is 0. The maximum Gasteiger partial charge on any atom is 0.198 e. The Morgan fingerprint density at radius 2 is 1.74 bits per heavy atom. The van der Waals surface area contributed by atoms with Crippen LogP contribution < -0.4 is 4.74 Å². The standard InChI is InChI=1S/C14H10Br2F2O/c1-8-4-10(2-3-11(8)16)19-14-12(17)5-9(7-15)6-13(14)18/h2-6H,7H2,1H3. The van der Waals surface area contributed by atoms with Crippen molar-refractivity contribution in [3.8, 4) is 11.5 Å². The molecule has 0 fully saturated rings. The summed E-state index contributed by atoms with van der Waals surface area (Å²) in [7, 11) is 0. The Labute approximate surface area is 126 Å². The molecule has 0 aliphatic rings. The molecule has 5 heteroatoms. The van der Waals surface area contributed by atoms with Crippen LogP contribution in [0, 0.1) is 18.6 Å². The molecule has 0 spiro atoms. The molecule has 0 radical (unpaired) electrons. The largest absolute Gasteiger partial charge is 0.451 e. The van der Waals surface area contributed by atoms with Crippen LogP contribution in [0.5, 0.6) is 11.5 Å². The highest BCUT2D eigenvalue weighted by Gasteiger charge is 2.13. The van der Waals surface area contributed by atoms with Crippen molar-refractivity contribution in [2.75, 3.05) is 0 Å². The van der Waals surface area contributed by atoms with Crippen LogP contribution in [0.1, 0.15) is 11.1 Å². The van der Waals surface area contributed by atoms with Crippen molar-refractivity contribution in [3.63, 3.8) is 0 Å². The molecule has 2 aromatic rings. The average molecular weight is 392 g/mol. The second-order valence-corrected chi connectivity index (χ2v) is 5.45. The van der Waals surface area contributed by atoms with Crippen LogP contribution in [0.2, 0.25) is 0 Å². The van der Waals surface area contributed by atoms with Gasteiger partial charge in [-0.2, -0.15) is 0 Å². The van der Waals surface area contributed by atoms with Crippen LogP contribution in [-0.4, -0.2) is 0 Å². The van der Waals surface area contributed by atoms with E-state index in [1.165, 1.54) is 12.1 Å². The van der Waals surface area contributed by atoms with E-state index in [9.17, 15) is 8.78 Å². The van der Waals surface area contributed by atoms with Crippen molar-refractivity contribution < 1.29 is 13.5 Å². The van der Waals surface area contributed by atoms with Gasteiger partial charge in [-0.05, 0) is 48.4 Å². The summed E-state index contributed by atoms with van der Waals surface area (Å²) in [5.74, 6) is -1.42. The van der Waals surface area contributed by atoms with Crippen molar-refractivity contribution in [2.24, 2.45) is 0 Å². The summed E-state index contributed by atoms with van der Waals surface area (Å²) in [5, 5.41) is 0.387. The van der Waals surface area contributed by atoms with Crippen molar-refractivity contribution in [3.05, 3.63) is 57.6 Å². The maximum absolute atomic E-state index is 13.8. The average Bonchev–Trinajstić information content (AvgIpc) is 2.37. The molecule has 0 saturated heterocycles. The number of rotatable bonds is 3. The van der Waals surface area contributed by atoms with Crippen molar-refractivity contribution >= 4 is 31.9 Å². The van der Waals surface area contributed by atoms with Crippen LogP contribution >= 0.6 is 31.9 Å². The first-order valence-electron chi connectivity index (χ1n) is 5.49. The molecule has 19 heavy (non-hydrogen) atoms. The van der Waals surface area contributed by atoms with Gasteiger partial charge in [0.05, 0.1) is 0 Å². The minimum absolute atomic E-state index is 0.383. The van der Waals surface area contributed by atoms with Gasteiger partial charge in [-0.25, -0.2) is 8.78 Å². The highest BCUT2D eigenvalue weighted by atomic mass is 79.9. The van der Waals surface area contributed by atoms with Crippen LogP contribution in [-0.2, 0) is 5.33 Å². The first-order chi connectivity index (χ1) is 9.01. The molecule has 0 aliphatic heterocycles. The number of hydrogen-bond donors (Lipinski definition) is 0. The number of hydrogen-bond acceptors (Lipinski definition) is 1. The smallest absolute Gasteiger partial charge is 0.198 e. The van der Waals surface area contributed by atoms with E-state index in [-0.39, 0.29) is 5.75 Å². The predicted octanol–water partition coefficient (Wildman–Crippen LogP) is 5.72. The van der Waals surface area contributed by atoms with E-state index in [1.54, 1.807) is 18.2 Å². The fraction of sp³-hybridized carbons (Fsp3) is 0.143. The van der Waals surface area contributed by atoms with Gasteiger partial charge in [0.1, 0.15) is 5.75 Å². The minimum atomic E-state index is -0.713. The minimum Gasteiger partial charge on any atom is -0.451 e.